The van der Waals surface area contributed by atoms with E-state index in [0.29, 0.717) is 21.2 Å². The highest BCUT2D eigenvalue weighted by Gasteiger charge is 2.49. The number of hydrogen-bond donors (Lipinski definition) is 0. The first-order valence-corrected chi connectivity index (χ1v) is 5.77. The van der Waals surface area contributed by atoms with Gasteiger partial charge in [-0.1, -0.05) is 6.82 Å². The molecule has 16 heavy (non-hydrogen) atoms. The first kappa shape index (κ1) is 14.1. The molecule has 0 aliphatic carbocycles. The summed E-state index contributed by atoms with van der Waals surface area (Å²) >= 11 is 0. The molecule has 5 nitrogen and oxygen atoms in total. The highest BCUT2D eigenvalue weighted by molar-refractivity contribution is 6.83. The van der Waals surface area contributed by atoms with Gasteiger partial charge in [0.15, 0.2) is 0 Å². The first-order chi connectivity index (χ1) is 7.29. The highest BCUT2D eigenvalue weighted by Crippen LogP contribution is 2.16. The van der Waals surface area contributed by atoms with Gasteiger partial charge in [-0.05, 0) is 49.3 Å². The van der Waals surface area contributed by atoms with E-state index >= 15 is 0 Å². The molecule has 1 rings (SSSR count). The lowest BCUT2D eigenvalue weighted by atomic mass is 9.52. The van der Waals surface area contributed by atoms with E-state index < -0.39 is 0 Å². The Morgan fingerprint density at radius 2 is 1.00 bits per heavy atom. The zero-order valence-electron chi connectivity index (χ0n) is 12.0. The Kier molecular flexibility index (Phi) is 4.48. The summed E-state index contributed by atoms with van der Waals surface area (Å²) in [7, 11) is 15.7. The third-order valence-corrected chi connectivity index (χ3v) is 3.56. The minimum Gasteiger partial charge on any atom is -0.345 e. The van der Waals surface area contributed by atoms with E-state index in [2.05, 4.69) is 79.9 Å². The van der Waals surface area contributed by atoms with E-state index in [4.69, 9.17) is 0 Å². The normalized spacial score (nSPS) is 21.8. The Morgan fingerprint density at radius 1 is 0.688 bits per heavy atom. The van der Waals surface area contributed by atoms with Gasteiger partial charge in [-0.25, -0.2) is 0 Å². The van der Waals surface area contributed by atoms with E-state index in [0.717, 1.165) is 0 Å². The molecule has 90 valence electrons. The molecule has 0 unspecified atom stereocenters. The standard InChI is InChI=1S/C8H24B3N5/c1-9-14(6)10(12(2)3)16(8)11(13(4)5)15(9)7/h1-8H3. The molecule has 0 spiro atoms. The van der Waals surface area contributed by atoms with Crippen LogP contribution in [-0.4, -0.2) is 94.3 Å². The molecule has 0 amide bonds. The molecular formula is C8H24B3N5. The Hall–Kier alpha value is -0.00519. The van der Waals surface area contributed by atoms with Crippen LogP contribution in [0, 0.1) is 0 Å². The molecule has 0 aromatic carbocycles. The topological polar surface area (TPSA) is 16.2 Å². The maximum Gasteiger partial charge on any atom is 0.382 e. The van der Waals surface area contributed by atoms with Crippen LogP contribution in [0.25, 0.3) is 0 Å². The van der Waals surface area contributed by atoms with Gasteiger partial charge in [0.25, 0.3) is 6.98 Å². The molecule has 0 bridgehead atoms. The molecule has 1 heterocycles. The molecule has 0 N–H and O–H groups in total. The van der Waals surface area contributed by atoms with Gasteiger partial charge in [0.2, 0.25) is 0 Å². The monoisotopic (exact) mass is 223 g/mol. The van der Waals surface area contributed by atoms with Crippen molar-refractivity contribution in [2.75, 3.05) is 49.3 Å². The molecular weight excluding hydrogens is 199 g/mol. The van der Waals surface area contributed by atoms with Crippen molar-refractivity contribution in [3.8, 4) is 0 Å². The van der Waals surface area contributed by atoms with Crippen molar-refractivity contribution in [3.05, 3.63) is 0 Å². The minimum absolute atomic E-state index is 0.332. The molecule has 1 aliphatic heterocycles. The smallest absolute Gasteiger partial charge is 0.345 e. The second-order valence-corrected chi connectivity index (χ2v) is 5.25. The predicted molar refractivity (Wildman–Crippen MR) is 73.8 cm³/mol. The van der Waals surface area contributed by atoms with E-state index in [-0.39, 0.29) is 0 Å². The van der Waals surface area contributed by atoms with E-state index in [1.54, 1.807) is 0 Å². The molecule has 8 heteroatoms. The highest BCUT2D eigenvalue weighted by atomic mass is 15.4. The molecule has 0 aromatic heterocycles. The number of nitrogens with zero attached hydrogens (tertiary/aromatic N) is 5. The van der Waals surface area contributed by atoms with Crippen LogP contribution in [0.4, 0.5) is 0 Å². The molecule has 1 fully saturated rings. The lowest BCUT2D eigenvalue weighted by Gasteiger charge is -2.52. The zero-order chi connectivity index (χ0) is 12.6. The summed E-state index contributed by atoms with van der Waals surface area (Å²) in [6, 6.07) is 0. The van der Waals surface area contributed by atoms with Gasteiger partial charge in [0.1, 0.15) is 0 Å². The summed E-state index contributed by atoms with van der Waals surface area (Å²) in [5.74, 6) is 0. The summed E-state index contributed by atoms with van der Waals surface area (Å²) in [5, 5.41) is 0. The zero-order valence-corrected chi connectivity index (χ0v) is 12.0. The maximum atomic E-state index is 2.38. The third kappa shape index (κ3) is 2.31. The molecule has 0 radical (unpaired) electrons. The second kappa shape index (κ2) is 5.10. The van der Waals surface area contributed by atoms with Gasteiger partial charge in [0, 0.05) is 0 Å². The van der Waals surface area contributed by atoms with E-state index in [1.807, 2.05) is 0 Å². The Morgan fingerprint density at radius 3 is 1.25 bits per heavy atom. The van der Waals surface area contributed by atoms with E-state index in [1.165, 1.54) is 0 Å². The Balaban J connectivity index is 2.97. The van der Waals surface area contributed by atoms with Gasteiger partial charge in [-0.3, -0.25) is 0 Å². The van der Waals surface area contributed by atoms with Crippen molar-refractivity contribution < 1.29 is 0 Å². The quantitative estimate of drug-likeness (QED) is 0.556. The molecule has 0 atom stereocenters. The first-order valence-electron chi connectivity index (χ1n) is 5.77. The predicted octanol–water partition coefficient (Wildman–Crippen LogP) is -0.994. The van der Waals surface area contributed by atoms with Crippen molar-refractivity contribution in [2.45, 2.75) is 6.82 Å². The van der Waals surface area contributed by atoms with Gasteiger partial charge in [-0.15, -0.1) is 0 Å². The molecule has 1 aliphatic rings. The van der Waals surface area contributed by atoms with Crippen LogP contribution < -0.4 is 0 Å². The summed E-state index contributed by atoms with van der Waals surface area (Å²) in [4.78, 5) is 4.50. The van der Waals surface area contributed by atoms with Crippen molar-refractivity contribution in [3.63, 3.8) is 0 Å². The van der Waals surface area contributed by atoms with E-state index in [9.17, 15) is 0 Å². The fourth-order valence-corrected chi connectivity index (χ4v) is 2.82. The fourth-order valence-electron chi connectivity index (χ4n) is 2.82. The fraction of sp³-hybridized carbons (Fsp3) is 1.00. The number of hydrogen-bond acceptors (Lipinski definition) is 5. The minimum atomic E-state index is 0.332. The average Bonchev–Trinajstić information content (AvgIpc) is 2.13. The molecule has 0 aromatic rings. The van der Waals surface area contributed by atoms with Gasteiger partial charge >= 0.3 is 14.2 Å². The van der Waals surface area contributed by atoms with Crippen LogP contribution in [0.15, 0.2) is 0 Å². The Labute approximate surface area is 102 Å². The maximum absolute atomic E-state index is 2.38. The lowest BCUT2D eigenvalue weighted by Crippen LogP contribution is -2.80. The van der Waals surface area contributed by atoms with Crippen LogP contribution in [0.5, 0.6) is 0 Å². The van der Waals surface area contributed by atoms with Gasteiger partial charge in [-0.2, -0.15) is 0 Å². The lowest BCUT2D eigenvalue weighted by molar-refractivity contribution is 0.405. The summed E-state index contributed by atoms with van der Waals surface area (Å²) in [6.07, 6.45) is 0. The molecule has 1 saturated heterocycles. The van der Waals surface area contributed by atoms with Crippen LogP contribution in [-0.2, 0) is 0 Å². The van der Waals surface area contributed by atoms with Crippen LogP contribution in [0.3, 0.4) is 0 Å². The van der Waals surface area contributed by atoms with Crippen LogP contribution in [0.1, 0.15) is 0 Å². The van der Waals surface area contributed by atoms with Crippen molar-refractivity contribution in [1.82, 2.24) is 23.8 Å². The van der Waals surface area contributed by atoms with Crippen molar-refractivity contribution in [1.29, 1.82) is 0 Å². The second-order valence-electron chi connectivity index (χ2n) is 5.25. The van der Waals surface area contributed by atoms with Gasteiger partial charge < -0.3 is 23.8 Å². The largest absolute Gasteiger partial charge is 0.382 e. The SMILES string of the molecule is CB1N(C)B(N(C)C)N(C)B(N(C)C)N1C. The summed E-state index contributed by atoms with van der Waals surface area (Å²) in [6.45, 7) is 2.68. The third-order valence-electron chi connectivity index (χ3n) is 3.56. The number of rotatable bonds is 2. The van der Waals surface area contributed by atoms with Crippen molar-refractivity contribution >= 4 is 21.2 Å². The Bertz CT molecular complexity index is 218. The van der Waals surface area contributed by atoms with Gasteiger partial charge in [0.05, 0.1) is 0 Å². The molecule has 0 saturated carbocycles. The van der Waals surface area contributed by atoms with Crippen LogP contribution >= 0.6 is 0 Å². The summed E-state index contributed by atoms with van der Waals surface area (Å²) < 4.78 is 7.12. The van der Waals surface area contributed by atoms with Crippen molar-refractivity contribution in [2.24, 2.45) is 0 Å². The average molecular weight is 223 g/mol. The van der Waals surface area contributed by atoms with Crippen LogP contribution in [0.2, 0.25) is 6.82 Å². The summed E-state index contributed by atoms with van der Waals surface area (Å²) in [5.41, 5.74) is 0.